The average Bonchev–Trinajstić information content (AvgIpc) is 2.85. The van der Waals surface area contributed by atoms with Crippen molar-refractivity contribution in [3.05, 3.63) is 0 Å². The molecule has 21 heavy (non-hydrogen) atoms. The summed E-state index contributed by atoms with van der Waals surface area (Å²) in [5.41, 5.74) is 0. The van der Waals surface area contributed by atoms with Crippen molar-refractivity contribution in [1.29, 1.82) is 0 Å². The van der Waals surface area contributed by atoms with Crippen LogP contribution in [0.5, 0.6) is 0 Å². The lowest BCUT2D eigenvalue weighted by atomic mass is 9.55. The summed E-state index contributed by atoms with van der Waals surface area (Å²) >= 11 is 0. The van der Waals surface area contributed by atoms with E-state index in [0.29, 0.717) is 11.8 Å². The minimum Gasteiger partial charge on any atom is -0.422 e. The molecule has 0 amide bonds. The fourth-order valence-electron chi connectivity index (χ4n) is 8.04. The highest BCUT2D eigenvalue weighted by molar-refractivity contribution is 5.97. The molecule has 1 aliphatic heterocycles. The Balaban J connectivity index is 1.41. The Morgan fingerprint density at radius 1 is 0.762 bits per heavy atom. The van der Waals surface area contributed by atoms with E-state index in [0.717, 1.165) is 35.5 Å². The predicted molar refractivity (Wildman–Crippen MR) is 70.4 cm³/mol. The second-order valence-corrected chi connectivity index (χ2v) is 8.73. The van der Waals surface area contributed by atoms with Gasteiger partial charge in [-0.25, -0.2) is 0 Å². The second-order valence-electron chi connectivity index (χ2n) is 8.73. The van der Waals surface area contributed by atoms with E-state index in [1.165, 1.54) is 12.8 Å². The molecule has 1 heterocycles. The lowest BCUT2D eigenvalue weighted by Gasteiger charge is -2.49. The van der Waals surface area contributed by atoms with Gasteiger partial charge < -0.3 is 9.47 Å². The van der Waals surface area contributed by atoms with Gasteiger partial charge in [-0.2, -0.15) is 0 Å². The highest BCUT2D eigenvalue weighted by atomic mass is 16.7. The molecule has 5 aliphatic carbocycles. The molecule has 0 aromatic rings. The standard InChI is InChI=1S/C17H20O4/c1-17(2)20-15(18)14(16(19)21-17)13-10-6-4-7-9-5(6)3-8(10)11(9)12(7)13/h5-14H,3-4H2,1-2H3/t5-,6+,7-,8+,9-,10+,11+,12+,13-/m0/s1. The summed E-state index contributed by atoms with van der Waals surface area (Å²) in [6.07, 6.45) is 2.74. The van der Waals surface area contributed by atoms with Gasteiger partial charge in [0.1, 0.15) is 0 Å². The maximum atomic E-state index is 12.5. The molecule has 0 aromatic carbocycles. The van der Waals surface area contributed by atoms with E-state index < -0.39 is 11.7 Å². The Bertz CT molecular complexity index is 570. The summed E-state index contributed by atoms with van der Waals surface area (Å²) in [7, 11) is 0. The molecule has 4 heteroatoms. The molecule has 2 bridgehead atoms. The molecule has 0 N–H and O–H groups in total. The number of hydrogen-bond donors (Lipinski definition) is 0. The fraction of sp³-hybridized carbons (Fsp3) is 0.882. The van der Waals surface area contributed by atoms with Crippen LogP contribution in [-0.2, 0) is 19.1 Å². The van der Waals surface area contributed by atoms with Crippen LogP contribution in [0.15, 0.2) is 0 Å². The van der Waals surface area contributed by atoms with Crippen LogP contribution in [0.4, 0.5) is 0 Å². The van der Waals surface area contributed by atoms with Crippen molar-refractivity contribution in [3.8, 4) is 0 Å². The lowest BCUT2D eigenvalue weighted by Crippen LogP contribution is -2.54. The molecule has 0 radical (unpaired) electrons. The molecule has 5 saturated carbocycles. The van der Waals surface area contributed by atoms with Gasteiger partial charge in [-0.1, -0.05) is 0 Å². The average molecular weight is 288 g/mol. The Labute approximate surface area is 123 Å². The van der Waals surface area contributed by atoms with Crippen molar-refractivity contribution in [3.63, 3.8) is 0 Å². The summed E-state index contributed by atoms with van der Waals surface area (Å²) in [5.74, 6) is 4.14. The monoisotopic (exact) mass is 288 g/mol. The maximum Gasteiger partial charge on any atom is 0.323 e. The first-order valence-electron chi connectivity index (χ1n) is 8.44. The van der Waals surface area contributed by atoms with Crippen molar-refractivity contribution >= 4 is 11.9 Å². The highest BCUT2D eigenvalue weighted by Crippen LogP contribution is 2.85. The second kappa shape index (κ2) is 3.02. The molecular formula is C17H20O4. The van der Waals surface area contributed by atoms with Crippen molar-refractivity contribution in [2.45, 2.75) is 32.5 Å². The van der Waals surface area contributed by atoms with E-state index >= 15 is 0 Å². The summed E-state index contributed by atoms with van der Waals surface area (Å²) in [5, 5.41) is 0. The Hall–Kier alpha value is -1.06. The Kier molecular flexibility index (Phi) is 1.65. The van der Waals surface area contributed by atoms with E-state index in [1.807, 2.05) is 0 Å². The largest absolute Gasteiger partial charge is 0.422 e. The Morgan fingerprint density at radius 2 is 1.24 bits per heavy atom. The minimum absolute atomic E-state index is 0.226. The number of rotatable bonds is 1. The van der Waals surface area contributed by atoms with E-state index in [9.17, 15) is 9.59 Å². The van der Waals surface area contributed by atoms with Crippen LogP contribution in [0.2, 0.25) is 0 Å². The first kappa shape index (κ1) is 11.5. The first-order valence-corrected chi connectivity index (χ1v) is 8.44. The zero-order valence-corrected chi connectivity index (χ0v) is 12.3. The smallest absolute Gasteiger partial charge is 0.323 e. The highest BCUT2D eigenvalue weighted by Gasteiger charge is 2.82. The van der Waals surface area contributed by atoms with Crippen molar-refractivity contribution in [2.75, 3.05) is 0 Å². The summed E-state index contributed by atoms with van der Waals surface area (Å²) < 4.78 is 10.8. The summed E-state index contributed by atoms with van der Waals surface area (Å²) in [6, 6.07) is 0. The van der Waals surface area contributed by atoms with Gasteiger partial charge in [0, 0.05) is 13.8 Å². The molecule has 6 aliphatic rings. The van der Waals surface area contributed by atoms with Gasteiger partial charge in [0.25, 0.3) is 5.79 Å². The van der Waals surface area contributed by atoms with Crippen LogP contribution in [0, 0.1) is 59.2 Å². The molecule has 6 rings (SSSR count). The molecule has 1 saturated heterocycles. The van der Waals surface area contributed by atoms with Crippen LogP contribution < -0.4 is 0 Å². The summed E-state index contributed by atoms with van der Waals surface area (Å²) in [4.78, 5) is 25.0. The fourth-order valence-corrected chi connectivity index (χ4v) is 8.04. The van der Waals surface area contributed by atoms with Crippen LogP contribution in [-0.4, -0.2) is 17.7 Å². The number of hydrogen-bond acceptors (Lipinski definition) is 4. The van der Waals surface area contributed by atoms with Gasteiger partial charge in [-0.05, 0) is 66.1 Å². The van der Waals surface area contributed by atoms with Gasteiger partial charge in [-0.3, -0.25) is 9.59 Å². The van der Waals surface area contributed by atoms with E-state index in [4.69, 9.17) is 9.47 Å². The predicted octanol–water partition coefficient (Wildman–Crippen LogP) is 1.83. The van der Waals surface area contributed by atoms with Gasteiger partial charge in [0.05, 0.1) is 0 Å². The normalized spacial score (nSPS) is 61.1. The molecule has 6 fully saturated rings. The molecule has 0 aromatic heterocycles. The lowest BCUT2D eigenvalue weighted by molar-refractivity contribution is -0.246. The SMILES string of the molecule is CC1(C)OC(=O)C([C@H]2[C@@H]3[C@@H]4C[C@H]5[C@@H]6[C@H]4C[C@H]3[C@H]6[C@@H]52)C(=O)O1. The van der Waals surface area contributed by atoms with Gasteiger partial charge in [0.15, 0.2) is 5.92 Å². The van der Waals surface area contributed by atoms with Crippen LogP contribution in [0.1, 0.15) is 26.7 Å². The molecule has 9 atom stereocenters. The third-order valence-electron chi connectivity index (χ3n) is 7.97. The molecule has 112 valence electrons. The minimum atomic E-state index is -1.09. The van der Waals surface area contributed by atoms with Gasteiger partial charge >= 0.3 is 11.9 Å². The Morgan fingerprint density at radius 3 is 1.81 bits per heavy atom. The number of fused-ring (bicyclic) bond motifs is 2. The first-order chi connectivity index (χ1) is 9.98. The van der Waals surface area contributed by atoms with Crippen molar-refractivity contribution in [2.24, 2.45) is 59.2 Å². The number of cyclic esters (lactones) is 2. The van der Waals surface area contributed by atoms with Crippen LogP contribution in [0.25, 0.3) is 0 Å². The van der Waals surface area contributed by atoms with Crippen molar-refractivity contribution in [1.82, 2.24) is 0 Å². The topological polar surface area (TPSA) is 52.6 Å². The van der Waals surface area contributed by atoms with E-state index in [-0.39, 0.29) is 17.9 Å². The molecule has 0 spiro atoms. The number of esters is 2. The number of carbonyl (C=O) groups is 2. The van der Waals surface area contributed by atoms with Crippen LogP contribution >= 0.6 is 0 Å². The maximum absolute atomic E-state index is 12.5. The number of carbonyl (C=O) groups excluding carboxylic acids is 2. The summed E-state index contributed by atoms with van der Waals surface area (Å²) in [6.45, 7) is 3.28. The van der Waals surface area contributed by atoms with Crippen molar-refractivity contribution < 1.29 is 19.1 Å². The van der Waals surface area contributed by atoms with Gasteiger partial charge in [0.2, 0.25) is 0 Å². The van der Waals surface area contributed by atoms with Crippen LogP contribution in [0.3, 0.4) is 0 Å². The number of ether oxygens (including phenoxy) is 2. The third-order valence-corrected chi connectivity index (χ3v) is 7.97. The molecule has 4 nitrogen and oxygen atoms in total. The zero-order valence-electron chi connectivity index (χ0n) is 12.3. The van der Waals surface area contributed by atoms with E-state index in [2.05, 4.69) is 0 Å². The van der Waals surface area contributed by atoms with E-state index in [1.54, 1.807) is 13.8 Å². The quantitative estimate of drug-likeness (QED) is 0.545. The zero-order chi connectivity index (χ0) is 14.3. The molecule has 0 unspecified atom stereocenters. The third kappa shape index (κ3) is 1.02. The van der Waals surface area contributed by atoms with Gasteiger partial charge in [-0.15, -0.1) is 0 Å². The molecular weight excluding hydrogens is 268 g/mol.